The molecule has 3 rings (SSSR count). The predicted molar refractivity (Wildman–Crippen MR) is 107 cm³/mol. The number of thiazole rings is 1. The summed E-state index contributed by atoms with van der Waals surface area (Å²) in [6.45, 7) is 5.10. The van der Waals surface area contributed by atoms with Crippen LogP contribution in [0, 0.1) is 0 Å². The first kappa shape index (κ1) is 20.2. The lowest BCUT2D eigenvalue weighted by Gasteiger charge is -2.17. The van der Waals surface area contributed by atoms with Crippen LogP contribution in [0.2, 0.25) is 0 Å². The van der Waals surface area contributed by atoms with Crippen LogP contribution in [-0.2, 0) is 19.3 Å². The van der Waals surface area contributed by atoms with Gasteiger partial charge in [-0.3, -0.25) is 0 Å². The second kappa shape index (κ2) is 9.09. The standard InChI is InChI=1S/C19H22F3N5S/c1-2-23-18(25-12-17-26-16(13-28-17)19(20,21)22)24-11-14-5-7-15(8-6-14)27-9-3-4-10-27/h3-8,13H,2,9-12H2,1H3,(H2,23,24,25). The second-order valence-corrected chi connectivity index (χ2v) is 7.16. The molecule has 2 aromatic rings. The van der Waals surface area contributed by atoms with Crippen molar-refractivity contribution in [1.82, 2.24) is 15.6 Å². The molecule has 1 aliphatic heterocycles. The first-order chi connectivity index (χ1) is 13.5. The normalized spacial score (nSPS) is 14.6. The predicted octanol–water partition coefficient (Wildman–Crippen LogP) is 3.79. The average Bonchev–Trinajstić information content (AvgIpc) is 3.36. The zero-order chi connectivity index (χ0) is 20.0. The fourth-order valence-corrected chi connectivity index (χ4v) is 3.44. The Morgan fingerprint density at radius 2 is 1.89 bits per heavy atom. The topological polar surface area (TPSA) is 52.6 Å². The van der Waals surface area contributed by atoms with Gasteiger partial charge in [0.05, 0.1) is 13.1 Å². The smallest absolute Gasteiger partial charge is 0.364 e. The second-order valence-electron chi connectivity index (χ2n) is 6.22. The van der Waals surface area contributed by atoms with Crippen LogP contribution in [0.3, 0.4) is 0 Å². The number of nitrogens with one attached hydrogen (secondary N) is 2. The first-order valence-electron chi connectivity index (χ1n) is 8.98. The van der Waals surface area contributed by atoms with Gasteiger partial charge in [-0.1, -0.05) is 24.3 Å². The fraction of sp³-hybridized carbons (Fsp3) is 0.368. The van der Waals surface area contributed by atoms with E-state index in [-0.39, 0.29) is 6.54 Å². The van der Waals surface area contributed by atoms with Crippen molar-refractivity contribution in [2.24, 2.45) is 4.99 Å². The minimum Gasteiger partial charge on any atom is -0.364 e. The molecule has 2 heterocycles. The molecule has 5 nitrogen and oxygen atoms in total. The highest BCUT2D eigenvalue weighted by molar-refractivity contribution is 7.09. The van der Waals surface area contributed by atoms with E-state index < -0.39 is 11.9 Å². The maximum atomic E-state index is 12.6. The number of alkyl halides is 3. The Labute approximate surface area is 166 Å². The number of aromatic nitrogens is 1. The van der Waals surface area contributed by atoms with Gasteiger partial charge < -0.3 is 15.5 Å². The maximum Gasteiger partial charge on any atom is 0.434 e. The van der Waals surface area contributed by atoms with Crippen molar-refractivity contribution < 1.29 is 13.2 Å². The minimum absolute atomic E-state index is 0.188. The summed E-state index contributed by atoms with van der Waals surface area (Å²) < 4.78 is 37.9. The van der Waals surface area contributed by atoms with Crippen molar-refractivity contribution in [1.29, 1.82) is 0 Å². The molecule has 1 aliphatic rings. The lowest BCUT2D eigenvalue weighted by Crippen LogP contribution is -2.36. The van der Waals surface area contributed by atoms with Crippen LogP contribution in [0.25, 0.3) is 0 Å². The highest BCUT2D eigenvalue weighted by Crippen LogP contribution is 2.29. The monoisotopic (exact) mass is 409 g/mol. The van der Waals surface area contributed by atoms with Crippen LogP contribution < -0.4 is 15.5 Å². The number of rotatable bonds is 6. The van der Waals surface area contributed by atoms with E-state index in [1.165, 1.54) is 5.69 Å². The Kier molecular flexibility index (Phi) is 6.56. The molecule has 2 N–H and O–H groups in total. The zero-order valence-electron chi connectivity index (χ0n) is 15.5. The van der Waals surface area contributed by atoms with Gasteiger partial charge in [-0.15, -0.1) is 11.3 Å². The molecule has 1 aromatic heterocycles. The van der Waals surface area contributed by atoms with Gasteiger partial charge >= 0.3 is 6.18 Å². The van der Waals surface area contributed by atoms with Crippen LogP contribution in [0.5, 0.6) is 0 Å². The molecule has 0 bridgehead atoms. The van der Waals surface area contributed by atoms with E-state index >= 15 is 0 Å². The van der Waals surface area contributed by atoms with Gasteiger partial charge in [0, 0.05) is 30.7 Å². The number of halogens is 3. The lowest BCUT2D eigenvalue weighted by molar-refractivity contribution is -0.140. The van der Waals surface area contributed by atoms with Gasteiger partial charge in [-0.05, 0) is 24.6 Å². The van der Waals surface area contributed by atoms with Crippen molar-refractivity contribution in [2.45, 2.75) is 26.2 Å². The molecule has 28 heavy (non-hydrogen) atoms. The summed E-state index contributed by atoms with van der Waals surface area (Å²) in [7, 11) is 0. The van der Waals surface area contributed by atoms with Gasteiger partial charge in [0.1, 0.15) is 5.01 Å². The Hall–Kier alpha value is -2.55. The first-order valence-corrected chi connectivity index (χ1v) is 9.86. The molecule has 150 valence electrons. The average molecular weight is 409 g/mol. The number of hydrogen-bond donors (Lipinski definition) is 2. The third kappa shape index (κ3) is 5.48. The third-order valence-electron chi connectivity index (χ3n) is 4.13. The van der Waals surface area contributed by atoms with E-state index in [4.69, 9.17) is 0 Å². The van der Waals surface area contributed by atoms with Crippen LogP contribution in [0.4, 0.5) is 18.9 Å². The van der Waals surface area contributed by atoms with Gasteiger partial charge in [-0.25, -0.2) is 9.98 Å². The van der Waals surface area contributed by atoms with E-state index in [0.29, 0.717) is 24.1 Å². The van der Waals surface area contributed by atoms with E-state index in [0.717, 1.165) is 35.4 Å². The third-order valence-corrected chi connectivity index (χ3v) is 4.98. The summed E-state index contributed by atoms with van der Waals surface area (Å²) in [5, 5.41) is 7.51. The molecule has 0 saturated heterocycles. The summed E-state index contributed by atoms with van der Waals surface area (Å²) >= 11 is 0.978. The molecule has 0 fully saturated rings. The van der Waals surface area contributed by atoms with E-state index in [2.05, 4.69) is 49.8 Å². The Morgan fingerprint density at radius 3 is 2.50 bits per heavy atom. The quantitative estimate of drug-likeness (QED) is 0.433. The summed E-state index contributed by atoms with van der Waals surface area (Å²) in [4.78, 5) is 10.4. The number of anilines is 1. The molecule has 0 amide bonds. The fourth-order valence-electron chi connectivity index (χ4n) is 2.69. The summed E-state index contributed by atoms with van der Waals surface area (Å²) in [5.74, 6) is 0.541. The molecule has 0 aliphatic carbocycles. The summed E-state index contributed by atoms with van der Waals surface area (Å²) in [5.41, 5.74) is 1.37. The number of guanidine groups is 1. The number of hydrogen-bond acceptors (Lipinski definition) is 4. The molecule has 1 aromatic carbocycles. The van der Waals surface area contributed by atoms with Crippen molar-refractivity contribution in [2.75, 3.05) is 24.5 Å². The summed E-state index contributed by atoms with van der Waals surface area (Å²) in [6.07, 6.45) is -0.121. The molecule has 0 unspecified atom stereocenters. The lowest BCUT2D eigenvalue weighted by atomic mass is 10.2. The van der Waals surface area contributed by atoms with E-state index in [1.807, 2.05) is 19.1 Å². The van der Waals surface area contributed by atoms with Gasteiger partial charge in [0.15, 0.2) is 11.7 Å². The van der Waals surface area contributed by atoms with Gasteiger partial charge in [0.25, 0.3) is 0 Å². The van der Waals surface area contributed by atoms with Crippen molar-refractivity contribution in [3.63, 3.8) is 0 Å². The minimum atomic E-state index is -4.41. The molecule has 9 heteroatoms. The molecular weight excluding hydrogens is 387 g/mol. The Morgan fingerprint density at radius 1 is 1.18 bits per heavy atom. The molecule has 0 spiro atoms. The largest absolute Gasteiger partial charge is 0.434 e. The molecular formula is C19H22F3N5S. The highest BCUT2D eigenvalue weighted by Gasteiger charge is 2.33. The zero-order valence-corrected chi connectivity index (χ0v) is 16.3. The van der Waals surface area contributed by atoms with Crippen molar-refractivity contribution in [3.8, 4) is 0 Å². The van der Waals surface area contributed by atoms with Crippen LogP contribution in [0.15, 0.2) is 46.8 Å². The van der Waals surface area contributed by atoms with Gasteiger partial charge in [0.2, 0.25) is 0 Å². The maximum absolute atomic E-state index is 12.6. The van der Waals surface area contributed by atoms with Crippen LogP contribution >= 0.6 is 11.3 Å². The molecule has 0 radical (unpaired) electrons. The number of benzene rings is 1. The summed E-state index contributed by atoms with van der Waals surface area (Å²) in [6, 6.07) is 8.23. The van der Waals surface area contributed by atoms with Crippen LogP contribution in [-0.4, -0.2) is 30.6 Å². The molecule has 0 atom stereocenters. The number of nitrogens with zero attached hydrogens (tertiary/aromatic N) is 3. The van der Waals surface area contributed by atoms with Crippen molar-refractivity contribution >= 4 is 23.0 Å². The Bertz CT molecular complexity index is 819. The van der Waals surface area contributed by atoms with Crippen LogP contribution in [0.1, 0.15) is 23.2 Å². The van der Waals surface area contributed by atoms with E-state index in [9.17, 15) is 13.2 Å². The SMILES string of the molecule is CCNC(=NCc1ccc(N2CC=CC2)cc1)NCc1nc(C(F)(F)F)cs1. The van der Waals surface area contributed by atoms with Crippen molar-refractivity contribution in [3.05, 3.63) is 58.1 Å². The van der Waals surface area contributed by atoms with Gasteiger partial charge in [-0.2, -0.15) is 13.2 Å². The Balaban J connectivity index is 1.57. The van der Waals surface area contributed by atoms with E-state index in [1.54, 1.807) is 0 Å². The number of aliphatic imine (C=N–C) groups is 1. The highest BCUT2D eigenvalue weighted by atomic mass is 32.1. The molecule has 0 saturated carbocycles.